The first kappa shape index (κ1) is 15.9. The maximum absolute atomic E-state index is 12.4. The molecule has 0 unspecified atom stereocenters. The Hall–Kier alpha value is -2.20. The van der Waals surface area contributed by atoms with Crippen LogP contribution in [-0.2, 0) is 10.9 Å². The molecule has 0 radical (unpaired) electrons. The van der Waals surface area contributed by atoms with Crippen LogP contribution in [0.25, 0.3) is 0 Å². The maximum atomic E-state index is 12.4. The average molecular weight is 305 g/mol. The van der Waals surface area contributed by atoms with Crippen LogP contribution < -0.4 is 4.74 Å². The highest BCUT2D eigenvalue weighted by atomic mass is 19.4. The predicted molar refractivity (Wildman–Crippen MR) is 48.9 cm³/mol. The summed E-state index contributed by atoms with van der Waals surface area (Å²) in [4.78, 5) is 13.8. The molecule has 1 heterocycles. The summed E-state index contributed by atoms with van der Waals surface area (Å²) in [5.74, 6) is -5.15. The van der Waals surface area contributed by atoms with E-state index in [2.05, 4.69) is 14.5 Å². The molecule has 0 aliphatic carbocycles. The number of alkyl halides is 6. The van der Waals surface area contributed by atoms with E-state index in [0.29, 0.717) is 0 Å². The summed E-state index contributed by atoms with van der Waals surface area (Å²) in [6.07, 6.45) is -10.5. The monoisotopic (exact) mass is 305 g/mol. The number of aromatic hydroxyl groups is 1. The maximum Gasteiger partial charge on any atom is 0.573 e. The van der Waals surface area contributed by atoms with Gasteiger partial charge in [0.2, 0.25) is 0 Å². The molecule has 5 nitrogen and oxygen atoms in total. The first-order valence-corrected chi connectivity index (χ1v) is 4.60. The second kappa shape index (κ2) is 5.06. The smallest absolute Gasteiger partial charge is 0.503 e. The molecule has 0 amide bonds. The Kier molecular flexibility index (Phi) is 4.01. The first-order valence-electron chi connectivity index (χ1n) is 4.60. The van der Waals surface area contributed by atoms with E-state index in [1.807, 2.05) is 0 Å². The van der Waals surface area contributed by atoms with Crippen molar-refractivity contribution in [2.75, 3.05) is 7.11 Å². The molecule has 0 saturated carbocycles. The third-order valence-corrected chi connectivity index (χ3v) is 1.90. The van der Waals surface area contributed by atoms with Crippen molar-refractivity contribution in [3.05, 3.63) is 17.5 Å². The molecule has 1 rings (SSSR count). The number of rotatable bonds is 2. The van der Waals surface area contributed by atoms with Gasteiger partial charge in [-0.05, 0) is 0 Å². The number of methoxy groups -OCH3 is 1. The van der Waals surface area contributed by atoms with Gasteiger partial charge in [0.15, 0.2) is 17.2 Å². The summed E-state index contributed by atoms with van der Waals surface area (Å²) in [5.41, 5.74) is -3.13. The van der Waals surface area contributed by atoms with Gasteiger partial charge in [-0.3, -0.25) is 0 Å². The van der Waals surface area contributed by atoms with Crippen molar-refractivity contribution < 1.29 is 45.7 Å². The number of hydrogen-bond donors (Lipinski definition) is 1. The van der Waals surface area contributed by atoms with Gasteiger partial charge in [-0.25, -0.2) is 9.78 Å². The van der Waals surface area contributed by atoms with Crippen molar-refractivity contribution in [2.24, 2.45) is 0 Å². The lowest BCUT2D eigenvalue weighted by Crippen LogP contribution is -2.21. The predicted octanol–water partition coefficient (Wildman–Crippen LogP) is 2.49. The zero-order valence-electron chi connectivity index (χ0n) is 9.46. The Morgan fingerprint density at radius 1 is 1.25 bits per heavy atom. The molecule has 1 aromatic heterocycles. The van der Waals surface area contributed by atoms with Gasteiger partial charge in [0.1, 0.15) is 5.56 Å². The van der Waals surface area contributed by atoms with Gasteiger partial charge in [0.05, 0.1) is 7.11 Å². The average Bonchev–Trinajstić information content (AvgIpc) is 2.27. The van der Waals surface area contributed by atoms with Crippen molar-refractivity contribution in [1.29, 1.82) is 0 Å². The second-order valence-corrected chi connectivity index (χ2v) is 3.24. The molecule has 11 heteroatoms. The molecule has 20 heavy (non-hydrogen) atoms. The number of pyridine rings is 1. The molecule has 0 aliphatic rings. The fourth-order valence-corrected chi connectivity index (χ4v) is 1.17. The van der Waals surface area contributed by atoms with E-state index in [1.54, 1.807) is 0 Å². The van der Waals surface area contributed by atoms with E-state index in [-0.39, 0.29) is 6.20 Å². The lowest BCUT2D eigenvalue weighted by molar-refractivity contribution is -0.275. The highest BCUT2D eigenvalue weighted by Crippen LogP contribution is 2.42. The number of esters is 1. The van der Waals surface area contributed by atoms with Crippen LogP contribution in [0.2, 0.25) is 0 Å². The van der Waals surface area contributed by atoms with E-state index in [4.69, 9.17) is 0 Å². The third kappa shape index (κ3) is 3.42. The Bertz CT molecular complexity index is 524. The summed E-state index contributed by atoms with van der Waals surface area (Å²) in [6.45, 7) is 0. The van der Waals surface area contributed by atoms with Crippen LogP contribution in [-0.4, -0.2) is 29.5 Å². The second-order valence-electron chi connectivity index (χ2n) is 3.24. The molecule has 1 N–H and O–H groups in total. The van der Waals surface area contributed by atoms with Crippen LogP contribution in [0.5, 0.6) is 11.5 Å². The molecular weight excluding hydrogens is 300 g/mol. The summed E-state index contributed by atoms with van der Waals surface area (Å²) >= 11 is 0. The number of halogens is 6. The molecule has 0 fully saturated rings. The van der Waals surface area contributed by atoms with Crippen LogP contribution in [0.1, 0.15) is 16.1 Å². The van der Waals surface area contributed by atoms with E-state index < -0.39 is 41.3 Å². The summed E-state index contributed by atoms with van der Waals surface area (Å²) in [5, 5.41) is 9.20. The lowest BCUT2D eigenvalue weighted by Gasteiger charge is -2.16. The van der Waals surface area contributed by atoms with Gasteiger partial charge in [-0.15, -0.1) is 13.2 Å². The molecule has 0 aliphatic heterocycles. The Balaban J connectivity index is 3.50. The zero-order valence-corrected chi connectivity index (χ0v) is 9.46. The van der Waals surface area contributed by atoms with Crippen molar-refractivity contribution in [1.82, 2.24) is 4.98 Å². The fraction of sp³-hybridized carbons (Fsp3) is 0.333. The van der Waals surface area contributed by atoms with Gasteiger partial charge < -0.3 is 14.6 Å². The van der Waals surface area contributed by atoms with Crippen molar-refractivity contribution in [3.63, 3.8) is 0 Å². The SMILES string of the molecule is COC(=O)c1cnc(C(F)(F)F)c(O)c1OC(F)(F)F. The van der Waals surface area contributed by atoms with Gasteiger partial charge in [-0.2, -0.15) is 13.2 Å². The highest BCUT2D eigenvalue weighted by Gasteiger charge is 2.42. The lowest BCUT2D eigenvalue weighted by atomic mass is 10.2. The quantitative estimate of drug-likeness (QED) is 0.671. The van der Waals surface area contributed by atoms with Crippen molar-refractivity contribution in [2.45, 2.75) is 12.5 Å². The molecule has 0 saturated heterocycles. The summed E-state index contributed by atoms with van der Waals surface area (Å²) < 4.78 is 80.8. The van der Waals surface area contributed by atoms with Gasteiger partial charge >= 0.3 is 18.5 Å². The Labute approximate surface area is 106 Å². The number of carbonyl (C=O) groups is 1. The zero-order chi connectivity index (χ0) is 15.7. The van der Waals surface area contributed by atoms with Crippen LogP contribution in [0.3, 0.4) is 0 Å². The fourth-order valence-electron chi connectivity index (χ4n) is 1.17. The van der Waals surface area contributed by atoms with Crippen LogP contribution in [0.15, 0.2) is 6.20 Å². The number of nitrogens with zero attached hydrogens (tertiary/aromatic N) is 1. The molecule has 0 bridgehead atoms. The minimum atomic E-state index is -5.43. The van der Waals surface area contributed by atoms with Gasteiger partial charge in [0, 0.05) is 6.20 Å². The topological polar surface area (TPSA) is 68.7 Å². The van der Waals surface area contributed by atoms with Crippen molar-refractivity contribution in [3.8, 4) is 11.5 Å². The standard InChI is InChI=1S/C9H5F6NO4/c1-19-7(18)3-2-16-6(8(10,11)12)4(17)5(3)20-9(13,14)15/h2,17H,1H3. The van der Waals surface area contributed by atoms with Crippen LogP contribution in [0.4, 0.5) is 26.3 Å². The minimum absolute atomic E-state index is 0.162. The minimum Gasteiger partial charge on any atom is -0.503 e. The van der Waals surface area contributed by atoms with Crippen molar-refractivity contribution >= 4 is 5.97 Å². The van der Waals surface area contributed by atoms with Gasteiger partial charge in [0.25, 0.3) is 0 Å². The molecule has 1 aromatic rings. The highest BCUT2D eigenvalue weighted by molar-refractivity contribution is 5.93. The van der Waals surface area contributed by atoms with Gasteiger partial charge in [-0.1, -0.05) is 0 Å². The van der Waals surface area contributed by atoms with E-state index in [9.17, 15) is 36.2 Å². The summed E-state index contributed by atoms with van der Waals surface area (Å²) in [7, 11) is 0.772. The number of carbonyl (C=O) groups excluding carboxylic acids is 1. The van der Waals surface area contributed by atoms with E-state index >= 15 is 0 Å². The molecule has 112 valence electrons. The number of ether oxygens (including phenoxy) is 2. The Morgan fingerprint density at radius 3 is 2.20 bits per heavy atom. The third-order valence-electron chi connectivity index (χ3n) is 1.90. The molecule has 0 aromatic carbocycles. The summed E-state index contributed by atoms with van der Waals surface area (Å²) in [6, 6.07) is 0. The molecule has 0 spiro atoms. The van der Waals surface area contributed by atoms with E-state index in [0.717, 1.165) is 7.11 Å². The number of hydrogen-bond acceptors (Lipinski definition) is 5. The molecular formula is C9H5F6NO4. The van der Waals surface area contributed by atoms with Crippen LogP contribution in [0, 0.1) is 0 Å². The normalized spacial score (nSPS) is 12.2. The number of aromatic nitrogens is 1. The van der Waals surface area contributed by atoms with Crippen LogP contribution >= 0.6 is 0 Å². The Morgan fingerprint density at radius 2 is 1.80 bits per heavy atom. The largest absolute Gasteiger partial charge is 0.573 e. The first-order chi connectivity index (χ1) is 8.97. The van der Waals surface area contributed by atoms with E-state index in [1.165, 1.54) is 0 Å². The molecule has 0 atom stereocenters.